The number of rotatable bonds is 4. The van der Waals surface area contributed by atoms with Crippen molar-refractivity contribution < 1.29 is 19.1 Å². The van der Waals surface area contributed by atoms with Crippen LogP contribution in [0.15, 0.2) is 115 Å². The molecule has 5 aromatic carbocycles. The van der Waals surface area contributed by atoms with Gasteiger partial charge in [-0.1, -0.05) is 66.7 Å². The van der Waals surface area contributed by atoms with E-state index >= 15 is 0 Å². The molecule has 7 nitrogen and oxygen atoms in total. The zero-order chi connectivity index (χ0) is 30.5. The molecule has 2 amide bonds. The number of urea groups is 1. The molecule has 3 aliphatic heterocycles. The van der Waals surface area contributed by atoms with Gasteiger partial charge in [0.05, 0.1) is 22.5 Å². The monoisotopic (exact) mass is 593 g/mol. The Bertz CT molecular complexity index is 1970. The minimum atomic E-state index is -1.33. The third-order valence-corrected chi connectivity index (χ3v) is 8.99. The largest absolute Gasteiger partial charge is 0.456 e. The Morgan fingerprint density at radius 3 is 2.31 bits per heavy atom. The molecule has 1 saturated heterocycles. The smallest absolute Gasteiger partial charge is 0.340 e. The SMILES string of the molecule is Cc1ccc(N2CCCC2)cc1N(C(=O)Nc1ccccc1)c1cccc2c1C1(OC(=O)c3ccccc31)c1ccccc1O2. The van der Waals surface area contributed by atoms with Crippen LogP contribution in [-0.4, -0.2) is 25.1 Å². The molecule has 222 valence electrons. The number of nitrogens with zero attached hydrogens (tertiary/aromatic N) is 2. The number of nitrogens with one attached hydrogen (secondary N) is 1. The number of esters is 1. The third-order valence-electron chi connectivity index (χ3n) is 8.99. The van der Waals surface area contributed by atoms with Crippen molar-refractivity contribution in [2.75, 3.05) is 28.2 Å². The summed E-state index contributed by atoms with van der Waals surface area (Å²) in [7, 11) is 0. The molecule has 7 heteroatoms. The molecule has 45 heavy (non-hydrogen) atoms. The highest BCUT2D eigenvalue weighted by Crippen LogP contribution is 2.59. The van der Waals surface area contributed by atoms with E-state index in [9.17, 15) is 9.59 Å². The van der Waals surface area contributed by atoms with E-state index in [1.54, 1.807) is 11.0 Å². The van der Waals surface area contributed by atoms with Crippen LogP contribution in [-0.2, 0) is 10.3 Å². The second-order valence-corrected chi connectivity index (χ2v) is 11.7. The van der Waals surface area contributed by atoms with Gasteiger partial charge in [0.1, 0.15) is 11.5 Å². The number of hydrogen-bond acceptors (Lipinski definition) is 5. The number of benzene rings is 5. The Hall–Kier alpha value is -5.56. The summed E-state index contributed by atoms with van der Waals surface area (Å²) in [5.41, 5.74) is 5.10. The van der Waals surface area contributed by atoms with Crippen molar-refractivity contribution in [1.29, 1.82) is 0 Å². The first-order valence-electron chi connectivity index (χ1n) is 15.3. The summed E-state index contributed by atoms with van der Waals surface area (Å²) in [6.45, 7) is 3.95. The standard InChI is InChI=1S/C38H31N3O4/c1-25-20-21-27(40-22-9-10-23-40)24-32(25)41(37(43)39-26-12-3-2-4-13-26)31-17-11-19-34-35(31)38(30-16-7-8-18-33(30)44-34)29-15-6-5-14-28(29)36(42)45-38/h2-8,11-21,24H,9-10,22-23H2,1H3,(H,39,43). The first-order chi connectivity index (χ1) is 22.0. The zero-order valence-electron chi connectivity index (χ0n) is 24.8. The van der Waals surface area contributed by atoms with Gasteiger partial charge in [-0.3, -0.25) is 4.90 Å². The number of aryl methyl sites for hydroxylation is 1. The molecule has 0 bridgehead atoms. The van der Waals surface area contributed by atoms with Crippen LogP contribution in [0.1, 0.15) is 45.5 Å². The fourth-order valence-electron chi connectivity index (χ4n) is 6.91. The lowest BCUT2D eigenvalue weighted by molar-refractivity contribution is 0.0226. The Morgan fingerprint density at radius 2 is 1.49 bits per heavy atom. The number of fused-ring (bicyclic) bond motifs is 6. The second kappa shape index (κ2) is 10.6. The van der Waals surface area contributed by atoms with Gasteiger partial charge < -0.3 is 19.7 Å². The van der Waals surface area contributed by atoms with E-state index < -0.39 is 11.6 Å². The summed E-state index contributed by atoms with van der Waals surface area (Å²) in [6.07, 6.45) is 2.27. The molecule has 1 atom stereocenters. The average Bonchev–Trinajstić information content (AvgIpc) is 3.70. The fourth-order valence-corrected chi connectivity index (χ4v) is 6.91. The molecule has 0 saturated carbocycles. The number of anilines is 4. The maximum Gasteiger partial charge on any atom is 0.340 e. The number of hydrogen-bond donors (Lipinski definition) is 1. The van der Waals surface area contributed by atoms with Gasteiger partial charge in [-0.2, -0.15) is 0 Å². The molecule has 3 heterocycles. The Balaban J connectivity index is 1.39. The zero-order valence-corrected chi connectivity index (χ0v) is 24.8. The van der Waals surface area contributed by atoms with Gasteiger partial charge in [0.25, 0.3) is 0 Å². The third kappa shape index (κ3) is 4.26. The number of ether oxygens (including phenoxy) is 2. The second-order valence-electron chi connectivity index (χ2n) is 11.7. The van der Waals surface area contributed by atoms with E-state index in [4.69, 9.17) is 9.47 Å². The molecule has 5 aromatic rings. The Kier molecular flexibility index (Phi) is 6.34. The van der Waals surface area contributed by atoms with E-state index in [1.165, 1.54) is 0 Å². The summed E-state index contributed by atoms with van der Waals surface area (Å²) in [5, 5.41) is 3.11. The van der Waals surface area contributed by atoms with Crippen molar-refractivity contribution in [1.82, 2.24) is 0 Å². The van der Waals surface area contributed by atoms with Crippen molar-refractivity contribution in [3.63, 3.8) is 0 Å². The molecule has 1 fully saturated rings. The van der Waals surface area contributed by atoms with Crippen LogP contribution in [0, 0.1) is 6.92 Å². The van der Waals surface area contributed by atoms with Gasteiger partial charge in [0.2, 0.25) is 0 Å². The van der Waals surface area contributed by atoms with E-state index in [1.807, 2.05) is 97.9 Å². The minimum Gasteiger partial charge on any atom is -0.456 e. The summed E-state index contributed by atoms with van der Waals surface area (Å²) in [4.78, 5) is 32.2. The highest BCUT2D eigenvalue weighted by Gasteiger charge is 2.55. The highest BCUT2D eigenvalue weighted by atomic mass is 16.6. The van der Waals surface area contributed by atoms with E-state index in [-0.39, 0.29) is 6.03 Å². The van der Waals surface area contributed by atoms with Crippen molar-refractivity contribution in [3.8, 4) is 11.5 Å². The lowest BCUT2D eigenvalue weighted by Crippen LogP contribution is -2.38. The average molecular weight is 594 g/mol. The predicted molar refractivity (Wildman–Crippen MR) is 175 cm³/mol. The number of amides is 2. The number of para-hydroxylation sites is 2. The number of carbonyl (C=O) groups is 2. The van der Waals surface area contributed by atoms with Crippen LogP contribution in [0.2, 0.25) is 0 Å². The predicted octanol–water partition coefficient (Wildman–Crippen LogP) is 8.53. The highest BCUT2D eigenvalue weighted by molar-refractivity contribution is 6.09. The van der Waals surface area contributed by atoms with Gasteiger partial charge in [-0.05, 0) is 73.9 Å². The van der Waals surface area contributed by atoms with Crippen LogP contribution in [0.25, 0.3) is 0 Å². The van der Waals surface area contributed by atoms with E-state index in [0.717, 1.165) is 42.9 Å². The van der Waals surface area contributed by atoms with Crippen LogP contribution < -0.4 is 19.9 Å². The van der Waals surface area contributed by atoms with Crippen LogP contribution in [0.5, 0.6) is 11.5 Å². The Morgan fingerprint density at radius 1 is 0.778 bits per heavy atom. The summed E-state index contributed by atoms with van der Waals surface area (Å²) >= 11 is 0. The van der Waals surface area contributed by atoms with E-state index in [2.05, 4.69) is 28.4 Å². The lowest BCUT2D eigenvalue weighted by atomic mass is 9.76. The van der Waals surface area contributed by atoms with Crippen LogP contribution in [0.3, 0.4) is 0 Å². The van der Waals surface area contributed by atoms with Gasteiger partial charge in [0, 0.05) is 35.6 Å². The van der Waals surface area contributed by atoms with Crippen molar-refractivity contribution >= 4 is 34.7 Å². The van der Waals surface area contributed by atoms with E-state index in [0.29, 0.717) is 45.1 Å². The summed E-state index contributed by atoms with van der Waals surface area (Å²) < 4.78 is 13.0. The molecule has 1 N–H and O–H groups in total. The maximum absolute atomic E-state index is 14.6. The molecule has 0 aliphatic carbocycles. The van der Waals surface area contributed by atoms with Gasteiger partial charge in [-0.15, -0.1) is 0 Å². The summed E-state index contributed by atoms with van der Waals surface area (Å²) in [5.74, 6) is 0.691. The Labute approximate surface area is 261 Å². The van der Waals surface area contributed by atoms with Crippen molar-refractivity contribution in [2.45, 2.75) is 25.4 Å². The van der Waals surface area contributed by atoms with Crippen molar-refractivity contribution in [2.24, 2.45) is 0 Å². The lowest BCUT2D eigenvalue weighted by Gasteiger charge is -2.39. The van der Waals surface area contributed by atoms with Crippen molar-refractivity contribution in [3.05, 3.63) is 143 Å². The molecule has 1 unspecified atom stereocenters. The molecule has 0 aromatic heterocycles. The van der Waals surface area contributed by atoms with Gasteiger partial charge in [0.15, 0.2) is 5.60 Å². The minimum absolute atomic E-state index is 0.345. The molecule has 0 radical (unpaired) electrons. The summed E-state index contributed by atoms with van der Waals surface area (Å²) in [6, 6.07) is 36.1. The van der Waals surface area contributed by atoms with Crippen LogP contribution >= 0.6 is 0 Å². The van der Waals surface area contributed by atoms with Gasteiger partial charge >= 0.3 is 12.0 Å². The normalized spacial score (nSPS) is 17.6. The number of carbonyl (C=O) groups excluding carboxylic acids is 2. The van der Waals surface area contributed by atoms with Crippen LogP contribution in [0.4, 0.5) is 27.5 Å². The quantitative estimate of drug-likeness (QED) is 0.212. The molecular formula is C38H31N3O4. The maximum atomic E-state index is 14.6. The topological polar surface area (TPSA) is 71.1 Å². The molecular weight excluding hydrogens is 562 g/mol. The first-order valence-corrected chi connectivity index (χ1v) is 15.3. The molecule has 1 spiro atoms. The fraction of sp³-hybridized carbons (Fsp3) is 0.158. The van der Waals surface area contributed by atoms with Gasteiger partial charge in [-0.25, -0.2) is 9.59 Å². The molecule has 3 aliphatic rings. The first kappa shape index (κ1) is 27.0. The molecule has 8 rings (SSSR count).